The molecule has 1 aromatic carbocycles. The van der Waals surface area contributed by atoms with Crippen LogP contribution in [0.2, 0.25) is 0 Å². The molecule has 0 bridgehead atoms. The lowest BCUT2D eigenvalue weighted by atomic mass is 10.1. The highest BCUT2D eigenvalue weighted by molar-refractivity contribution is 5.92. The molecule has 0 aliphatic carbocycles. The zero-order valence-corrected chi connectivity index (χ0v) is 14.3. The molecule has 0 aliphatic heterocycles. The van der Waals surface area contributed by atoms with E-state index in [2.05, 4.69) is 23.3 Å². The second kappa shape index (κ2) is 7.42. The lowest BCUT2D eigenvalue weighted by Crippen LogP contribution is -2.34. The Morgan fingerprint density at radius 1 is 1.13 bits per heavy atom. The minimum absolute atomic E-state index is 0.0392. The molecule has 0 spiro atoms. The van der Waals surface area contributed by atoms with Crippen molar-refractivity contribution >= 4 is 5.91 Å². The van der Waals surface area contributed by atoms with Crippen LogP contribution in [0.25, 0.3) is 5.69 Å². The fourth-order valence-corrected chi connectivity index (χ4v) is 2.78. The highest BCUT2D eigenvalue weighted by Gasteiger charge is 2.19. The SMILES string of the molecule is CCCN(CCO)C(=O)c1cc(C)n(-c2cc(C)cc(C)c2)n1. The standard InChI is InChI=1S/C18H25N3O2/c1-5-6-20(7-8-22)18(23)17-12-15(4)21(19-17)16-10-13(2)9-14(3)11-16/h9-12,22H,5-8H2,1-4H3. The largest absolute Gasteiger partial charge is 0.395 e. The zero-order chi connectivity index (χ0) is 17.0. The van der Waals surface area contributed by atoms with E-state index in [1.54, 1.807) is 15.6 Å². The number of benzene rings is 1. The Bertz CT molecular complexity index is 665. The number of rotatable bonds is 6. The normalized spacial score (nSPS) is 10.8. The monoisotopic (exact) mass is 315 g/mol. The van der Waals surface area contributed by atoms with Gasteiger partial charge in [0.1, 0.15) is 0 Å². The Labute approximate surface area is 137 Å². The maximum atomic E-state index is 12.6. The van der Waals surface area contributed by atoms with Crippen LogP contribution in [0.4, 0.5) is 0 Å². The first-order valence-electron chi connectivity index (χ1n) is 8.01. The number of carbonyl (C=O) groups excluding carboxylic acids is 1. The molecule has 1 aromatic heterocycles. The van der Waals surface area contributed by atoms with Gasteiger partial charge in [0.25, 0.3) is 5.91 Å². The van der Waals surface area contributed by atoms with Crippen LogP contribution in [0.5, 0.6) is 0 Å². The Balaban J connectivity index is 2.35. The van der Waals surface area contributed by atoms with Crippen molar-refractivity contribution in [2.24, 2.45) is 0 Å². The number of aromatic nitrogens is 2. The third kappa shape index (κ3) is 3.99. The maximum Gasteiger partial charge on any atom is 0.274 e. The number of hydrogen-bond donors (Lipinski definition) is 1. The van der Waals surface area contributed by atoms with E-state index in [9.17, 15) is 4.79 Å². The summed E-state index contributed by atoms with van der Waals surface area (Å²) in [6.45, 7) is 8.96. The van der Waals surface area contributed by atoms with Crippen LogP contribution in [0, 0.1) is 20.8 Å². The smallest absolute Gasteiger partial charge is 0.274 e. The van der Waals surface area contributed by atoms with E-state index < -0.39 is 0 Å². The molecule has 2 aromatic rings. The quantitative estimate of drug-likeness (QED) is 0.891. The average molecular weight is 315 g/mol. The van der Waals surface area contributed by atoms with E-state index in [0.29, 0.717) is 18.8 Å². The highest BCUT2D eigenvalue weighted by atomic mass is 16.3. The lowest BCUT2D eigenvalue weighted by molar-refractivity contribution is 0.0715. The van der Waals surface area contributed by atoms with Crippen LogP contribution in [0.3, 0.4) is 0 Å². The molecule has 0 fully saturated rings. The van der Waals surface area contributed by atoms with E-state index in [4.69, 9.17) is 5.11 Å². The van der Waals surface area contributed by atoms with Gasteiger partial charge in [0, 0.05) is 18.8 Å². The van der Waals surface area contributed by atoms with Gasteiger partial charge in [-0.3, -0.25) is 4.79 Å². The van der Waals surface area contributed by atoms with Crippen molar-refractivity contribution in [1.29, 1.82) is 0 Å². The fourth-order valence-electron chi connectivity index (χ4n) is 2.78. The second-order valence-corrected chi connectivity index (χ2v) is 5.94. The highest BCUT2D eigenvalue weighted by Crippen LogP contribution is 2.17. The number of amides is 1. The second-order valence-electron chi connectivity index (χ2n) is 5.94. The Morgan fingerprint density at radius 2 is 1.78 bits per heavy atom. The molecular formula is C18H25N3O2. The zero-order valence-electron chi connectivity index (χ0n) is 14.3. The summed E-state index contributed by atoms with van der Waals surface area (Å²) < 4.78 is 1.80. The fraction of sp³-hybridized carbons (Fsp3) is 0.444. The average Bonchev–Trinajstić information content (AvgIpc) is 2.87. The minimum Gasteiger partial charge on any atom is -0.395 e. The lowest BCUT2D eigenvalue weighted by Gasteiger charge is -2.19. The van der Waals surface area contributed by atoms with Crippen molar-refractivity contribution < 1.29 is 9.90 Å². The summed E-state index contributed by atoms with van der Waals surface area (Å²) in [6, 6.07) is 8.02. The molecule has 0 unspecified atom stereocenters. The molecule has 23 heavy (non-hydrogen) atoms. The first kappa shape index (κ1) is 17.2. The molecule has 5 nitrogen and oxygen atoms in total. The van der Waals surface area contributed by atoms with Gasteiger partial charge < -0.3 is 10.0 Å². The third-order valence-electron chi connectivity index (χ3n) is 3.71. The summed E-state index contributed by atoms with van der Waals surface area (Å²) in [6.07, 6.45) is 0.850. The van der Waals surface area contributed by atoms with E-state index in [0.717, 1.165) is 28.9 Å². The van der Waals surface area contributed by atoms with Gasteiger partial charge in [-0.05, 0) is 56.5 Å². The molecule has 2 rings (SSSR count). The van der Waals surface area contributed by atoms with Crippen LogP contribution in [-0.2, 0) is 0 Å². The number of aryl methyl sites for hydroxylation is 3. The van der Waals surface area contributed by atoms with Crippen LogP contribution >= 0.6 is 0 Å². The molecule has 0 saturated carbocycles. The van der Waals surface area contributed by atoms with Crippen molar-refractivity contribution in [3.05, 3.63) is 46.8 Å². The van der Waals surface area contributed by atoms with Crippen molar-refractivity contribution in [1.82, 2.24) is 14.7 Å². The number of aliphatic hydroxyl groups excluding tert-OH is 1. The minimum atomic E-state index is -0.132. The summed E-state index contributed by atoms with van der Waals surface area (Å²) in [5.74, 6) is -0.132. The van der Waals surface area contributed by atoms with Crippen LogP contribution in [0.1, 0.15) is 40.7 Å². The number of hydrogen-bond acceptors (Lipinski definition) is 3. The van der Waals surface area contributed by atoms with Gasteiger partial charge in [-0.1, -0.05) is 13.0 Å². The Hall–Kier alpha value is -2.14. The van der Waals surface area contributed by atoms with Gasteiger partial charge in [-0.2, -0.15) is 5.10 Å². The molecule has 0 radical (unpaired) electrons. The Morgan fingerprint density at radius 3 is 2.35 bits per heavy atom. The predicted octanol–water partition coefficient (Wildman–Crippen LogP) is 2.64. The summed E-state index contributed by atoms with van der Waals surface area (Å²) >= 11 is 0. The number of nitrogens with zero attached hydrogens (tertiary/aromatic N) is 3. The van der Waals surface area contributed by atoms with Crippen LogP contribution in [-0.4, -0.2) is 45.4 Å². The van der Waals surface area contributed by atoms with Gasteiger partial charge in [-0.25, -0.2) is 4.68 Å². The topological polar surface area (TPSA) is 58.4 Å². The summed E-state index contributed by atoms with van der Waals surface area (Å²) in [4.78, 5) is 14.2. The van der Waals surface area contributed by atoms with Crippen molar-refractivity contribution in [3.8, 4) is 5.69 Å². The Kier molecular flexibility index (Phi) is 5.55. The van der Waals surface area contributed by atoms with Crippen molar-refractivity contribution in [2.45, 2.75) is 34.1 Å². The summed E-state index contributed by atoms with van der Waals surface area (Å²) in [5, 5.41) is 13.6. The van der Waals surface area contributed by atoms with Crippen molar-refractivity contribution in [3.63, 3.8) is 0 Å². The van der Waals surface area contributed by atoms with E-state index in [-0.39, 0.29) is 12.5 Å². The number of aliphatic hydroxyl groups is 1. The predicted molar refractivity (Wildman–Crippen MR) is 91.1 cm³/mol. The molecule has 1 amide bonds. The van der Waals surface area contributed by atoms with Gasteiger partial charge in [0.15, 0.2) is 5.69 Å². The summed E-state index contributed by atoms with van der Waals surface area (Å²) in [7, 11) is 0. The first-order valence-corrected chi connectivity index (χ1v) is 8.01. The van der Waals surface area contributed by atoms with E-state index in [1.165, 1.54) is 0 Å². The molecule has 5 heteroatoms. The molecule has 1 N–H and O–H groups in total. The van der Waals surface area contributed by atoms with Crippen LogP contribution < -0.4 is 0 Å². The first-order chi connectivity index (χ1) is 11.0. The molecular weight excluding hydrogens is 290 g/mol. The molecule has 0 atom stereocenters. The molecule has 0 saturated heterocycles. The van der Waals surface area contributed by atoms with Crippen molar-refractivity contribution in [2.75, 3.05) is 19.7 Å². The van der Waals surface area contributed by atoms with Gasteiger partial charge >= 0.3 is 0 Å². The molecule has 0 aliphatic rings. The van der Waals surface area contributed by atoms with Gasteiger partial charge in [0.05, 0.1) is 12.3 Å². The van der Waals surface area contributed by atoms with Gasteiger partial charge in [-0.15, -0.1) is 0 Å². The van der Waals surface area contributed by atoms with Crippen LogP contribution in [0.15, 0.2) is 24.3 Å². The maximum absolute atomic E-state index is 12.6. The van der Waals surface area contributed by atoms with E-state index >= 15 is 0 Å². The molecule has 124 valence electrons. The van der Waals surface area contributed by atoms with Gasteiger partial charge in [0.2, 0.25) is 0 Å². The number of carbonyl (C=O) groups is 1. The van der Waals surface area contributed by atoms with E-state index in [1.807, 2.05) is 27.7 Å². The molecule has 1 heterocycles. The third-order valence-corrected chi connectivity index (χ3v) is 3.71. The summed E-state index contributed by atoms with van der Waals surface area (Å²) in [5.41, 5.74) is 4.62.